The predicted molar refractivity (Wildman–Crippen MR) is 60.8 cm³/mol. The molecule has 0 spiro atoms. The largest absolute Gasteiger partial charge is 0.312 e. The lowest BCUT2D eigenvalue weighted by Crippen LogP contribution is -2.14. The Bertz CT molecular complexity index is 250. The summed E-state index contributed by atoms with van der Waals surface area (Å²) in [5.41, 5.74) is 1.19. The van der Waals surface area contributed by atoms with Crippen LogP contribution >= 0.6 is 22.9 Å². The van der Waals surface area contributed by atoms with E-state index < -0.39 is 0 Å². The maximum absolute atomic E-state index is 6.02. The molecule has 0 aliphatic rings. The Kier molecular flexibility index (Phi) is 4.23. The predicted octanol–water partition coefficient (Wildman–Crippen LogP) is 3.77. The quantitative estimate of drug-likeness (QED) is 0.810. The van der Waals surface area contributed by atoms with E-state index in [-0.39, 0.29) is 0 Å². The Morgan fingerprint density at radius 2 is 2.31 bits per heavy atom. The van der Waals surface area contributed by atoms with Gasteiger partial charge >= 0.3 is 0 Å². The summed E-state index contributed by atoms with van der Waals surface area (Å²) in [5, 5.41) is 3.31. The van der Waals surface area contributed by atoms with Crippen molar-refractivity contribution in [3.8, 4) is 0 Å². The topological polar surface area (TPSA) is 12.0 Å². The Labute approximate surface area is 89.1 Å². The maximum atomic E-state index is 6.02. The third kappa shape index (κ3) is 2.70. The van der Waals surface area contributed by atoms with Crippen LogP contribution in [-0.4, -0.2) is 7.05 Å². The van der Waals surface area contributed by atoms with Crippen LogP contribution in [0.15, 0.2) is 6.07 Å². The molecule has 1 N–H and O–H groups in total. The van der Waals surface area contributed by atoms with Crippen LogP contribution in [-0.2, 0) is 0 Å². The second kappa shape index (κ2) is 4.99. The number of hydrogen-bond acceptors (Lipinski definition) is 2. The summed E-state index contributed by atoms with van der Waals surface area (Å²) >= 11 is 7.71. The Morgan fingerprint density at radius 1 is 1.62 bits per heavy atom. The molecule has 3 heteroatoms. The molecule has 13 heavy (non-hydrogen) atoms. The highest BCUT2D eigenvalue weighted by Crippen LogP contribution is 2.32. The minimum Gasteiger partial charge on any atom is -0.312 e. The molecule has 1 unspecified atom stereocenters. The molecule has 1 atom stereocenters. The normalized spacial score (nSPS) is 13.2. The summed E-state index contributed by atoms with van der Waals surface area (Å²) in [6.07, 6.45) is 2.37. The van der Waals surface area contributed by atoms with Crippen LogP contribution < -0.4 is 5.32 Å². The average molecular weight is 218 g/mol. The SMILES string of the molecule is CCCC(NC)c1cc(C)c(Cl)s1. The van der Waals surface area contributed by atoms with Gasteiger partial charge < -0.3 is 5.32 Å². The first-order chi connectivity index (χ1) is 6.19. The molecule has 0 fully saturated rings. The molecule has 0 radical (unpaired) electrons. The van der Waals surface area contributed by atoms with Crippen molar-refractivity contribution in [2.75, 3.05) is 7.05 Å². The van der Waals surface area contributed by atoms with Gasteiger partial charge in [-0.15, -0.1) is 11.3 Å². The molecule has 1 aromatic rings. The highest BCUT2D eigenvalue weighted by Gasteiger charge is 2.12. The van der Waals surface area contributed by atoms with Gasteiger partial charge in [0.05, 0.1) is 4.34 Å². The van der Waals surface area contributed by atoms with Crippen molar-refractivity contribution < 1.29 is 0 Å². The number of halogens is 1. The summed E-state index contributed by atoms with van der Waals surface area (Å²) in [7, 11) is 2.00. The number of rotatable bonds is 4. The Balaban J connectivity index is 2.78. The zero-order valence-corrected chi connectivity index (χ0v) is 9.93. The van der Waals surface area contributed by atoms with E-state index in [1.54, 1.807) is 11.3 Å². The average Bonchev–Trinajstić information content (AvgIpc) is 2.43. The van der Waals surface area contributed by atoms with E-state index in [0.29, 0.717) is 6.04 Å². The van der Waals surface area contributed by atoms with Gasteiger partial charge in [-0.2, -0.15) is 0 Å². The molecule has 0 amide bonds. The van der Waals surface area contributed by atoms with E-state index in [1.165, 1.54) is 23.3 Å². The van der Waals surface area contributed by atoms with Gasteiger partial charge in [0.15, 0.2) is 0 Å². The lowest BCUT2D eigenvalue weighted by atomic mass is 10.1. The van der Waals surface area contributed by atoms with Crippen LogP contribution in [0.1, 0.15) is 36.2 Å². The fourth-order valence-electron chi connectivity index (χ4n) is 1.37. The molecule has 74 valence electrons. The van der Waals surface area contributed by atoms with E-state index in [2.05, 4.69) is 25.2 Å². The third-order valence-electron chi connectivity index (χ3n) is 2.15. The minimum absolute atomic E-state index is 0.473. The van der Waals surface area contributed by atoms with E-state index >= 15 is 0 Å². The highest BCUT2D eigenvalue weighted by atomic mass is 35.5. The monoisotopic (exact) mass is 217 g/mol. The second-order valence-electron chi connectivity index (χ2n) is 3.24. The molecule has 0 saturated heterocycles. The van der Waals surface area contributed by atoms with Gasteiger partial charge in [0, 0.05) is 10.9 Å². The molecule has 0 bridgehead atoms. The molecular weight excluding hydrogens is 202 g/mol. The molecule has 1 rings (SSSR count). The highest BCUT2D eigenvalue weighted by molar-refractivity contribution is 7.16. The summed E-state index contributed by atoms with van der Waals surface area (Å²) in [6, 6.07) is 2.66. The summed E-state index contributed by atoms with van der Waals surface area (Å²) < 4.78 is 0.923. The molecule has 1 nitrogen and oxygen atoms in total. The van der Waals surface area contributed by atoms with Crippen LogP contribution in [0.5, 0.6) is 0 Å². The van der Waals surface area contributed by atoms with Gasteiger partial charge in [-0.1, -0.05) is 24.9 Å². The van der Waals surface area contributed by atoms with Crippen molar-refractivity contribution >= 4 is 22.9 Å². The fraction of sp³-hybridized carbons (Fsp3) is 0.600. The number of thiophene rings is 1. The van der Waals surface area contributed by atoms with Crippen molar-refractivity contribution in [1.82, 2.24) is 5.32 Å². The van der Waals surface area contributed by atoms with Gasteiger partial charge in [0.25, 0.3) is 0 Å². The molecule has 0 saturated carbocycles. The minimum atomic E-state index is 0.473. The number of nitrogens with one attached hydrogen (secondary N) is 1. The summed E-state index contributed by atoms with van der Waals surface area (Å²) in [6.45, 7) is 4.26. The first-order valence-corrected chi connectivity index (χ1v) is 5.81. The van der Waals surface area contributed by atoms with Gasteiger partial charge in [0.2, 0.25) is 0 Å². The molecule has 0 aromatic carbocycles. The molecule has 0 aliphatic heterocycles. The van der Waals surface area contributed by atoms with Crippen molar-refractivity contribution in [2.24, 2.45) is 0 Å². The van der Waals surface area contributed by atoms with E-state index in [0.717, 1.165) is 4.34 Å². The van der Waals surface area contributed by atoms with Crippen LogP contribution in [0.25, 0.3) is 0 Å². The van der Waals surface area contributed by atoms with Crippen LogP contribution in [0.2, 0.25) is 4.34 Å². The third-order valence-corrected chi connectivity index (χ3v) is 3.81. The van der Waals surface area contributed by atoms with Gasteiger partial charge in [0.1, 0.15) is 0 Å². The lowest BCUT2D eigenvalue weighted by Gasteiger charge is -2.12. The van der Waals surface area contributed by atoms with Crippen molar-refractivity contribution in [1.29, 1.82) is 0 Å². The zero-order chi connectivity index (χ0) is 9.84. The molecule has 1 heterocycles. The van der Waals surface area contributed by atoms with Crippen LogP contribution in [0.3, 0.4) is 0 Å². The summed E-state index contributed by atoms with van der Waals surface area (Å²) in [4.78, 5) is 1.35. The van der Waals surface area contributed by atoms with Gasteiger partial charge in [-0.05, 0) is 32.0 Å². The van der Waals surface area contributed by atoms with E-state index in [9.17, 15) is 0 Å². The molecule has 0 aliphatic carbocycles. The van der Waals surface area contributed by atoms with Crippen LogP contribution in [0, 0.1) is 6.92 Å². The first kappa shape index (κ1) is 11.0. The fourth-order valence-corrected chi connectivity index (χ4v) is 2.74. The smallest absolute Gasteiger partial charge is 0.0960 e. The Morgan fingerprint density at radius 3 is 2.69 bits per heavy atom. The van der Waals surface area contributed by atoms with Crippen molar-refractivity contribution in [3.05, 3.63) is 20.8 Å². The maximum Gasteiger partial charge on any atom is 0.0960 e. The molecule has 1 aromatic heterocycles. The summed E-state index contributed by atoms with van der Waals surface area (Å²) in [5.74, 6) is 0. The first-order valence-electron chi connectivity index (χ1n) is 4.62. The van der Waals surface area contributed by atoms with Crippen molar-refractivity contribution in [2.45, 2.75) is 32.7 Å². The zero-order valence-electron chi connectivity index (χ0n) is 8.36. The standard InChI is InChI=1S/C10H16ClNS/c1-4-5-8(12-3)9-6-7(2)10(11)13-9/h6,8,12H,4-5H2,1-3H3. The van der Waals surface area contributed by atoms with E-state index in [1.807, 2.05) is 7.05 Å². The molecular formula is C10H16ClNS. The van der Waals surface area contributed by atoms with E-state index in [4.69, 9.17) is 11.6 Å². The van der Waals surface area contributed by atoms with Crippen molar-refractivity contribution in [3.63, 3.8) is 0 Å². The van der Waals surface area contributed by atoms with Gasteiger partial charge in [-0.25, -0.2) is 0 Å². The van der Waals surface area contributed by atoms with Gasteiger partial charge in [-0.3, -0.25) is 0 Å². The second-order valence-corrected chi connectivity index (χ2v) is 4.92. The lowest BCUT2D eigenvalue weighted by molar-refractivity contribution is 0.550. The van der Waals surface area contributed by atoms with Crippen LogP contribution in [0.4, 0.5) is 0 Å². The Hall–Kier alpha value is -0.0500. The number of aryl methyl sites for hydroxylation is 1. The number of hydrogen-bond donors (Lipinski definition) is 1.